The Kier molecular flexibility index (Phi) is 5.74. The Morgan fingerprint density at radius 2 is 1.89 bits per heavy atom. The molecule has 1 atom stereocenters. The lowest BCUT2D eigenvalue weighted by Crippen LogP contribution is -2.30. The predicted octanol–water partition coefficient (Wildman–Crippen LogP) is 5.41. The van der Waals surface area contributed by atoms with Gasteiger partial charge < -0.3 is 19.2 Å². The molecule has 0 saturated carbocycles. The van der Waals surface area contributed by atoms with Crippen molar-refractivity contribution in [3.05, 3.63) is 106 Å². The summed E-state index contributed by atoms with van der Waals surface area (Å²) < 4.78 is 24.7. The van der Waals surface area contributed by atoms with Crippen molar-refractivity contribution in [2.24, 2.45) is 0 Å². The quantitative estimate of drug-likeness (QED) is 0.362. The maximum atomic E-state index is 13.7. The topological polar surface area (TPSA) is 92.9 Å². The van der Waals surface area contributed by atoms with Crippen molar-refractivity contribution in [2.75, 3.05) is 7.11 Å². The predicted molar refractivity (Wildman–Crippen MR) is 126 cm³/mol. The van der Waals surface area contributed by atoms with Crippen LogP contribution in [0, 0.1) is 5.82 Å². The van der Waals surface area contributed by atoms with Crippen LogP contribution in [0.3, 0.4) is 0 Å². The molecule has 0 spiro atoms. The van der Waals surface area contributed by atoms with Gasteiger partial charge in [0, 0.05) is 35.4 Å². The number of hydrogen-bond acceptors (Lipinski definition) is 6. The Morgan fingerprint density at radius 3 is 2.57 bits per heavy atom. The van der Waals surface area contributed by atoms with Crippen molar-refractivity contribution in [3.63, 3.8) is 0 Å². The van der Waals surface area contributed by atoms with Crippen LogP contribution in [0.4, 0.5) is 4.39 Å². The number of Topliss-reactive ketones (excluding diaryl/α,β-unsaturated/α-hetero) is 1. The van der Waals surface area contributed by atoms with Crippen molar-refractivity contribution < 1.29 is 28.2 Å². The number of hydrogen-bond donors (Lipinski definition) is 1. The molecule has 3 heterocycles. The maximum absolute atomic E-state index is 13.7. The highest BCUT2D eigenvalue weighted by Crippen LogP contribution is 2.41. The first-order valence-electron chi connectivity index (χ1n) is 10.6. The van der Waals surface area contributed by atoms with Crippen LogP contribution in [0.15, 0.2) is 82.7 Å². The summed E-state index contributed by atoms with van der Waals surface area (Å²) in [5, 5.41) is 11.7. The van der Waals surface area contributed by atoms with Gasteiger partial charge in [-0.15, -0.1) is 0 Å². The third-order valence-electron chi connectivity index (χ3n) is 5.83. The molecule has 1 aliphatic heterocycles. The van der Waals surface area contributed by atoms with Gasteiger partial charge in [-0.3, -0.25) is 14.6 Å². The zero-order chi connectivity index (χ0) is 24.7. The third kappa shape index (κ3) is 4.02. The summed E-state index contributed by atoms with van der Waals surface area (Å²) in [6.45, 7) is 0.0911. The minimum atomic E-state index is -0.970. The third-order valence-corrected chi connectivity index (χ3v) is 6.05. The number of pyridine rings is 1. The Hall–Kier alpha value is -4.17. The highest BCUT2D eigenvalue weighted by Gasteiger charge is 2.44. The second-order valence-corrected chi connectivity index (χ2v) is 8.41. The van der Waals surface area contributed by atoms with Gasteiger partial charge in [0.05, 0.1) is 18.7 Å². The molecule has 35 heavy (non-hydrogen) atoms. The number of rotatable bonds is 6. The van der Waals surface area contributed by atoms with Crippen molar-refractivity contribution in [2.45, 2.75) is 12.6 Å². The zero-order valence-electron chi connectivity index (χ0n) is 18.4. The van der Waals surface area contributed by atoms with E-state index in [0.717, 1.165) is 5.56 Å². The minimum absolute atomic E-state index is 0.0911. The standard InChI is InChI=1S/C26H18ClFN2O5/c1-34-20-12-17(27)10-16-11-19(35-25(16)20)23(31)21-22(15-2-4-18(28)5-3-15)30(26(33)24(21)32)13-14-6-8-29-9-7-14/h2-12,22,32H,13H2,1H3. The van der Waals surface area contributed by atoms with Gasteiger partial charge in [-0.05, 0) is 47.5 Å². The molecule has 0 aliphatic carbocycles. The molecule has 7 nitrogen and oxygen atoms in total. The summed E-state index contributed by atoms with van der Waals surface area (Å²) in [5.74, 6) is -2.34. The van der Waals surface area contributed by atoms with Gasteiger partial charge in [0.2, 0.25) is 5.78 Å². The number of benzene rings is 2. The molecule has 0 radical (unpaired) electrons. The molecule has 1 aliphatic rings. The van der Waals surface area contributed by atoms with E-state index in [9.17, 15) is 19.1 Å². The van der Waals surface area contributed by atoms with Crippen molar-refractivity contribution in [1.82, 2.24) is 9.88 Å². The van der Waals surface area contributed by atoms with Gasteiger partial charge in [0.1, 0.15) is 5.82 Å². The molecule has 176 valence electrons. The van der Waals surface area contributed by atoms with Crippen LogP contribution in [-0.2, 0) is 11.3 Å². The molecular weight excluding hydrogens is 475 g/mol. The number of amides is 1. The van der Waals surface area contributed by atoms with Gasteiger partial charge in [-0.2, -0.15) is 0 Å². The van der Waals surface area contributed by atoms with E-state index in [1.165, 1.54) is 42.3 Å². The molecule has 5 rings (SSSR count). The summed E-state index contributed by atoms with van der Waals surface area (Å²) in [6, 6.07) is 12.5. The number of fused-ring (bicyclic) bond motifs is 1. The van der Waals surface area contributed by atoms with E-state index in [0.29, 0.717) is 27.3 Å². The molecule has 1 amide bonds. The van der Waals surface area contributed by atoms with Crippen LogP contribution in [0.25, 0.3) is 11.0 Å². The van der Waals surface area contributed by atoms with Crippen molar-refractivity contribution in [3.8, 4) is 5.75 Å². The normalized spacial score (nSPS) is 15.8. The first-order chi connectivity index (χ1) is 16.9. The van der Waals surface area contributed by atoms with E-state index >= 15 is 0 Å². The SMILES string of the molecule is COc1cc(Cl)cc2cc(C(=O)C3=C(O)C(=O)N(Cc4ccncc4)C3c3ccc(F)cc3)oc12. The van der Waals surface area contributed by atoms with Gasteiger partial charge >= 0.3 is 0 Å². The number of furan rings is 1. The summed E-state index contributed by atoms with van der Waals surface area (Å²) in [4.78, 5) is 32.1. The van der Waals surface area contributed by atoms with Crippen molar-refractivity contribution in [1.29, 1.82) is 0 Å². The van der Waals surface area contributed by atoms with Gasteiger partial charge in [-0.25, -0.2) is 4.39 Å². The van der Waals surface area contributed by atoms with E-state index in [1.807, 2.05) is 0 Å². The molecule has 9 heteroatoms. The molecule has 1 unspecified atom stereocenters. The van der Waals surface area contributed by atoms with Crippen LogP contribution in [-0.4, -0.2) is 33.8 Å². The van der Waals surface area contributed by atoms with Crippen molar-refractivity contribution >= 4 is 34.3 Å². The summed E-state index contributed by atoms with van der Waals surface area (Å²) >= 11 is 6.13. The average molecular weight is 493 g/mol. The monoisotopic (exact) mass is 492 g/mol. The maximum Gasteiger partial charge on any atom is 0.290 e. The highest BCUT2D eigenvalue weighted by atomic mass is 35.5. The highest BCUT2D eigenvalue weighted by molar-refractivity contribution is 6.31. The number of nitrogens with zero attached hydrogens (tertiary/aromatic N) is 2. The number of ketones is 1. The lowest BCUT2D eigenvalue weighted by Gasteiger charge is -2.26. The van der Waals surface area contributed by atoms with Crippen LogP contribution in [0.1, 0.15) is 27.7 Å². The Labute approximate surface area is 204 Å². The number of ether oxygens (including phenoxy) is 1. The number of methoxy groups -OCH3 is 1. The van der Waals surface area contributed by atoms with Gasteiger partial charge in [0.15, 0.2) is 22.9 Å². The Morgan fingerprint density at radius 1 is 1.17 bits per heavy atom. The Bertz CT molecular complexity index is 1480. The van der Waals surface area contributed by atoms with E-state index in [2.05, 4.69) is 4.98 Å². The molecule has 0 bridgehead atoms. The first-order valence-corrected chi connectivity index (χ1v) is 11.0. The second-order valence-electron chi connectivity index (χ2n) is 7.97. The first kappa shape index (κ1) is 22.6. The number of aliphatic hydroxyl groups is 1. The molecule has 2 aromatic carbocycles. The second kappa shape index (κ2) is 8.88. The number of aliphatic hydroxyl groups excluding tert-OH is 1. The summed E-state index contributed by atoms with van der Waals surface area (Å²) in [5.41, 5.74) is 1.33. The molecule has 2 aromatic heterocycles. The summed E-state index contributed by atoms with van der Waals surface area (Å²) in [6.07, 6.45) is 3.16. The largest absolute Gasteiger partial charge is 0.503 e. The van der Waals surface area contributed by atoms with Gasteiger partial charge in [-0.1, -0.05) is 23.7 Å². The fraction of sp³-hybridized carbons (Fsp3) is 0.115. The molecule has 0 fully saturated rings. The fourth-order valence-corrected chi connectivity index (χ4v) is 4.42. The fourth-order valence-electron chi connectivity index (χ4n) is 4.21. The molecule has 0 saturated heterocycles. The lowest BCUT2D eigenvalue weighted by molar-refractivity contribution is -0.130. The Balaban J connectivity index is 1.61. The molecule has 4 aromatic rings. The van der Waals surface area contributed by atoms with E-state index < -0.39 is 29.3 Å². The van der Waals surface area contributed by atoms with Crippen LogP contribution in [0.2, 0.25) is 5.02 Å². The zero-order valence-corrected chi connectivity index (χ0v) is 19.1. The lowest BCUT2D eigenvalue weighted by atomic mass is 9.94. The smallest absolute Gasteiger partial charge is 0.290 e. The summed E-state index contributed by atoms with van der Waals surface area (Å²) in [7, 11) is 1.45. The molecule has 1 N–H and O–H groups in total. The average Bonchev–Trinajstić information content (AvgIpc) is 3.39. The number of halogens is 2. The number of aromatic nitrogens is 1. The van der Waals surface area contributed by atoms with E-state index in [-0.39, 0.29) is 17.9 Å². The minimum Gasteiger partial charge on any atom is -0.503 e. The molecular formula is C26H18ClFN2O5. The van der Waals surface area contributed by atoms with Crippen LogP contribution < -0.4 is 4.74 Å². The van der Waals surface area contributed by atoms with Crippen LogP contribution >= 0.6 is 11.6 Å². The van der Waals surface area contributed by atoms with Gasteiger partial charge in [0.25, 0.3) is 5.91 Å². The van der Waals surface area contributed by atoms with Crippen LogP contribution in [0.5, 0.6) is 5.75 Å². The van der Waals surface area contributed by atoms with E-state index in [4.69, 9.17) is 20.8 Å². The number of carbonyl (C=O) groups is 2. The number of carbonyl (C=O) groups excluding carboxylic acids is 2. The van der Waals surface area contributed by atoms with E-state index in [1.54, 1.807) is 36.7 Å².